The smallest absolute Gasteiger partial charge is 0.326 e. The average molecular weight is 309 g/mol. The van der Waals surface area contributed by atoms with Crippen molar-refractivity contribution >= 4 is 34.4 Å². The highest BCUT2D eigenvalue weighted by molar-refractivity contribution is 6.31. The van der Waals surface area contributed by atoms with E-state index in [-0.39, 0.29) is 18.2 Å². The third-order valence-corrected chi connectivity index (χ3v) is 3.56. The molecule has 0 aliphatic heterocycles. The van der Waals surface area contributed by atoms with Crippen LogP contribution in [0.25, 0.3) is 10.9 Å². The van der Waals surface area contributed by atoms with Crippen LogP contribution in [0.3, 0.4) is 0 Å². The van der Waals surface area contributed by atoms with Crippen LogP contribution in [-0.2, 0) is 16.0 Å². The van der Waals surface area contributed by atoms with Gasteiger partial charge in [0.05, 0.1) is 6.42 Å². The fraction of sp³-hybridized carbons (Fsp3) is 0.333. The summed E-state index contributed by atoms with van der Waals surface area (Å²) < 4.78 is 0. The molecule has 1 atom stereocenters. The number of rotatable bonds is 5. The molecule has 1 heterocycles. The summed E-state index contributed by atoms with van der Waals surface area (Å²) in [7, 11) is 0. The zero-order chi connectivity index (χ0) is 15.6. The monoisotopic (exact) mass is 308 g/mol. The number of aromatic amines is 1. The Morgan fingerprint density at radius 2 is 2.10 bits per heavy atom. The minimum atomic E-state index is -1.03. The van der Waals surface area contributed by atoms with E-state index in [2.05, 4.69) is 10.3 Å². The number of amides is 1. The Hall–Kier alpha value is -2.01. The first-order valence-corrected chi connectivity index (χ1v) is 7.04. The van der Waals surface area contributed by atoms with Crippen molar-refractivity contribution in [3.05, 3.63) is 35.0 Å². The molecule has 1 amide bonds. The maximum absolute atomic E-state index is 12.0. The quantitative estimate of drug-likeness (QED) is 0.794. The van der Waals surface area contributed by atoms with Crippen LogP contribution in [0.4, 0.5) is 0 Å². The standard InChI is InChI=1S/C15H17ClN2O3/c1-8(2)14(15(20)21)18-13(19)5-9-7-17-12-4-3-10(16)6-11(9)12/h3-4,6-8,14,17H,5H2,1-2H3,(H,18,19)(H,20,21). The van der Waals surface area contributed by atoms with Gasteiger partial charge in [-0.15, -0.1) is 0 Å². The number of H-pyrrole nitrogens is 1. The minimum absolute atomic E-state index is 0.108. The molecule has 0 radical (unpaired) electrons. The van der Waals surface area contributed by atoms with E-state index in [1.807, 2.05) is 6.07 Å². The molecule has 21 heavy (non-hydrogen) atoms. The number of carboxylic acid groups (broad SMARTS) is 1. The van der Waals surface area contributed by atoms with Gasteiger partial charge in [-0.05, 0) is 29.7 Å². The summed E-state index contributed by atoms with van der Waals surface area (Å²) in [5, 5.41) is 13.1. The number of aromatic nitrogens is 1. The lowest BCUT2D eigenvalue weighted by atomic mass is 10.0. The second-order valence-electron chi connectivity index (χ2n) is 5.31. The Kier molecular flexibility index (Phi) is 4.53. The SMILES string of the molecule is CC(C)C(NC(=O)Cc1c[nH]c2ccc(Cl)cc12)C(=O)O. The first-order valence-electron chi connectivity index (χ1n) is 6.66. The predicted molar refractivity (Wildman–Crippen MR) is 81.4 cm³/mol. The van der Waals surface area contributed by atoms with E-state index in [1.165, 1.54) is 0 Å². The largest absolute Gasteiger partial charge is 0.480 e. The van der Waals surface area contributed by atoms with Crippen molar-refractivity contribution in [2.24, 2.45) is 5.92 Å². The highest BCUT2D eigenvalue weighted by atomic mass is 35.5. The van der Waals surface area contributed by atoms with Gasteiger partial charge in [-0.25, -0.2) is 4.79 Å². The Morgan fingerprint density at radius 1 is 1.38 bits per heavy atom. The highest BCUT2D eigenvalue weighted by Gasteiger charge is 2.23. The van der Waals surface area contributed by atoms with Crippen LogP contribution in [0.5, 0.6) is 0 Å². The molecule has 1 aromatic carbocycles. The van der Waals surface area contributed by atoms with Gasteiger partial charge in [0.2, 0.25) is 5.91 Å². The molecule has 0 bridgehead atoms. The van der Waals surface area contributed by atoms with Gasteiger partial charge in [0.1, 0.15) is 6.04 Å². The molecule has 0 spiro atoms. The molecule has 5 nitrogen and oxygen atoms in total. The van der Waals surface area contributed by atoms with E-state index in [4.69, 9.17) is 16.7 Å². The summed E-state index contributed by atoms with van der Waals surface area (Å²) in [6, 6.07) is 4.51. The molecule has 2 rings (SSSR count). The lowest BCUT2D eigenvalue weighted by Crippen LogP contribution is -2.44. The number of aliphatic carboxylic acids is 1. The van der Waals surface area contributed by atoms with Crippen LogP contribution in [0.1, 0.15) is 19.4 Å². The number of nitrogens with one attached hydrogen (secondary N) is 2. The Labute approximate surface area is 127 Å². The molecule has 0 fully saturated rings. The summed E-state index contributed by atoms with van der Waals surface area (Å²) in [5.74, 6) is -1.53. The Bertz CT molecular complexity index is 679. The van der Waals surface area contributed by atoms with Crippen molar-refractivity contribution in [2.45, 2.75) is 26.3 Å². The van der Waals surface area contributed by atoms with Crippen LogP contribution >= 0.6 is 11.6 Å². The van der Waals surface area contributed by atoms with Gasteiger partial charge in [-0.1, -0.05) is 25.4 Å². The number of halogens is 1. The van der Waals surface area contributed by atoms with E-state index < -0.39 is 12.0 Å². The molecule has 0 aliphatic rings. The lowest BCUT2D eigenvalue weighted by molar-refractivity contribution is -0.143. The molecular weight excluding hydrogens is 292 g/mol. The van der Waals surface area contributed by atoms with Crippen molar-refractivity contribution < 1.29 is 14.7 Å². The molecule has 0 saturated heterocycles. The second-order valence-corrected chi connectivity index (χ2v) is 5.74. The number of carboxylic acids is 1. The number of hydrogen-bond donors (Lipinski definition) is 3. The van der Waals surface area contributed by atoms with Crippen molar-refractivity contribution in [2.75, 3.05) is 0 Å². The zero-order valence-electron chi connectivity index (χ0n) is 11.8. The first kappa shape index (κ1) is 15.4. The lowest BCUT2D eigenvalue weighted by Gasteiger charge is -2.17. The van der Waals surface area contributed by atoms with Crippen LogP contribution in [0.15, 0.2) is 24.4 Å². The zero-order valence-corrected chi connectivity index (χ0v) is 12.6. The molecule has 6 heteroatoms. The van der Waals surface area contributed by atoms with Crippen LogP contribution < -0.4 is 5.32 Å². The predicted octanol–water partition coefficient (Wildman–Crippen LogP) is 2.59. The molecule has 112 valence electrons. The third kappa shape index (κ3) is 3.55. The van der Waals surface area contributed by atoms with E-state index in [9.17, 15) is 9.59 Å². The molecule has 0 aliphatic carbocycles. The van der Waals surface area contributed by atoms with Gasteiger partial charge in [-0.3, -0.25) is 4.79 Å². The van der Waals surface area contributed by atoms with Crippen LogP contribution in [0, 0.1) is 5.92 Å². The average Bonchev–Trinajstić information content (AvgIpc) is 2.78. The van der Waals surface area contributed by atoms with Crippen molar-refractivity contribution in [1.82, 2.24) is 10.3 Å². The molecule has 2 aromatic rings. The molecular formula is C15H17ClN2O3. The summed E-state index contributed by atoms with van der Waals surface area (Å²) in [6.07, 6.45) is 1.85. The third-order valence-electron chi connectivity index (χ3n) is 3.33. The van der Waals surface area contributed by atoms with Gasteiger partial charge in [-0.2, -0.15) is 0 Å². The molecule has 1 aromatic heterocycles. The van der Waals surface area contributed by atoms with E-state index >= 15 is 0 Å². The van der Waals surface area contributed by atoms with Gasteiger partial charge in [0.15, 0.2) is 0 Å². The van der Waals surface area contributed by atoms with Gasteiger partial charge >= 0.3 is 5.97 Å². The van der Waals surface area contributed by atoms with Crippen LogP contribution in [-0.4, -0.2) is 28.0 Å². The summed E-state index contributed by atoms with van der Waals surface area (Å²) in [5.41, 5.74) is 1.68. The first-order chi connectivity index (χ1) is 9.88. The van der Waals surface area contributed by atoms with E-state index in [0.29, 0.717) is 5.02 Å². The highest BCUT2D eigenvalue weighted by Crippen LogP contribution is 2.22. The number of hydrogen-bond acceptors (Lipinski definition) is 2. The van der Waals surface area contributed by atoms with E-state index in [1.54, 1.807) is 32.2 Å². The van der Waals surface area contributed by atoms with Gasteiger partial charge in [0.25, 0.3) is 0 Å². The Balaban J connectivity index is 2.14. The Morgan fingerprint density at radius 3 is 2.71 bits per heavy atom. The number of carbonyl (C=O) groups excluding carboxylic acids is 1. The molecule has 1 unspecified atom stereocenters. The maximum atomic E-state index is 12.0. The number of benzene rings is 1. The van der Waals surface area contributed by atoms with Gasteiger partial charge < -0.3 is 15.4 Å². The normalized spacial score (nSPS) is 12.6. The summed E-state index contributed by atoms with van der Waals surface area (Å²) in [4.78, 5) is 26.2. The van der Waals surface area contributed by atoms with E-state index in [0.717, 1.165) is 16.5 Å². The molecule has 3 N–H and O–H groups in total. The maximum Gasteiger partial charge on any atom is 0.326 e. The fourth-order valence-corrected chi connectivity index (χ4v) is 2.38. The molecule has 0 saturated carbocycles. The van der Waals surface area contributed by atoms with Crippen LogP contribution in [0.2, 0.25) is 5.02 Å². The van der Waals surface area contributed by atoms with Crippen molar-refractivity contribution in [1.29, 1.82) is 0 Å². The number of fused-ring (bicyclic) bond motifs is 1. The summed E-state index contributed by atoms with van der Waals surface area (Å²) >= 11 is 5.96. The van der Waals surface area contributed by atoms with Crippen molar-refractivity contribution in [3.63, 3.8) is 0 Å². The van der Waals surface area contributed by atoms with Crippen molar-refractivity contribution in [3.8, 4) is 0 Å². The van der Waals surface area contributed by atoms with Gasteiger partial charge in [0, 0.05) is 22.1 Å². The fourth-order valence-electron chi connectivity index (χ4n) is 2.21. The number of carbonyl (C=O) groups is 2. The summed E-state index contributed by atoms with van der Waals surface area (Å²) in [6.45, 7) is 3.51. The second kappa shape index (κ2) is 6.18. The minimum Gasteiger partial charge on any atom is -0.480 e. The topological polar surface area (TPSA) is 82.2 Å².